The Hall–Kier alpha value is -1.51. The van der Waals surface area contributed by atoms with E-state index in [4.69, 9.17) is 9.94 Å². The number of benzene rings is 1. The van der Waals surface area contributed by atoms with Gasteiger partial charge >= 0.3 is 0 Å². The van der Waals surface area contributed by atoms with E-state index in [2.05, 4.69) is 5.16 Å². The number of oxime groups is 1. The third-order valence-electron chi connectivity index (χ3n) is 2.12. The summed E-state index contributed by atoms with van der Waals surface area (Å²) < 4.78 is 5.21. The van der Waals surface area contributed by atoms with E-state index in [-0.39, 0.29) is 0 Å². The minimum Gasteiger partial charge on any atom is -0.496 e. The van der Waals surface area contributed by atoms with Crippen molar-refractivity contribution in [2.24, 2.45) is 5.16 Å². The molecule has 0 aromatic heterocycles. The van der Waals surface area contributed by atoms with Crippen molar-refractivity contribution in [1.29, 1.82) is 0 Å². The number of hydrogen-bond donors (Lipinski definition) is 1. The van der Waals surface area contributed by atoms with E-state index in [1.807, 2.05) is 24.3 Å². The minimum atomic E-state index is 0.732. The number of methoxy groups -OCH3 is 1. The molecule has 0 aliphatic carbocycles. The Balaban J connectivity index is 2.66. The second kappa shape index (κ2) is 5.27. The molecule has 0 saturated heterocycles. The highest BCUT2D eigenvalue weighted by atomic mass is 16.5. The standard InChI is InChI=1S/C11H15NO2/c1-9(12-13)7-8-10-5-3-4-6-11(10)14-2/h3-6,13H,7-8H2,1-2H3. The molecule has 14 heavy (non-hydrogen) atoms. The molecule has 0 aliphatic heterocycles. The first-order valence-electron chi connectivity index (χ1n) is 4.57. The van der Waals surface area contributed by atoms with Gasteiger partial charge in [-0.2, -0.15) is 0 Å². The van der Waals surface area contributed by atoms with Gasteiger partial charge in [-0.1, -0.05) is 23.4 Å². The molecule has 0 bridgehead atoms. The first-order valence-corrected chi connectivity index (χ1v) is 4.57. The second-order valence-corrected chi connectivity index (χ2v) is 3.15. The Kier molecular flexibility index (Phi) is 3.98. The molecule has 3 heteroatoms. The van der Waals surface area contributed by atoms with Gasteiger partial charge in [-0.05, 0) is 31.4 Å². The van der Waals surface area contributed by atoms with Gasteiger partial charge in [0.05, 0.1) is 12.8 Å². The fourth-order valence-electron chi connectivity index (χ4n) is 1.28. The Labute approximate surface area is 84.0 Å². The van der Waals surface area contributed by atoms with Crippen LogP contribution in [0.1, 0.15) is 18.9 Å². The Morgan fingerprint density at radius 1 is 1.43 bits per heavy atom. The molecule has 76 valence electrons. The Morgan fingerprint density at radius 2 is 2.14 bits per heavy atom. The van der Waals surface area contributed by atoms with Crippen LogP contribution in [0.3, 0.4) is 0 Å². The van der Waals surface area contributed by atoms with E-state index in [0.29, 0.717) is 0 Å². The highest BCUT2D eigenvalue weighted by molar-refractivity contribution is 5.81. The summed E-state index contributed by atoms with van der Waals surface area (Å²) in [5.74, 6) is 0.887. The summed E-state index contributed by atoms with van der Waals surface area (Å²) in [6.07, 6.45) is 1.58. The summed E-state index contributed by atoms with van der Waals surface area (Å²) in [4.78, 5) is 0. The summed E-state index contributed by atoms with van der Waals surface area (Å²) in [5.41, 5.74) is 1.87. The van der Waals surface area contributed by atoms with Crippen LogP contribution in [0.15, 0.2) is 29.4 Å². The monoisotopic (exact) mass is 193 g/mol. The molecule has 0 aliphatic rings. The zero-order chi connectivity index (χ0) is 10.4. The fraction of sp³-hybridized carbons (Fsp3) is 0.364. The summed E-state index contributed by atoms with van der Waals surface area (Å²) in [7, 11) is 1.66. The van der Waals surface area contributed by atoms with Crippen LogP contribution in [0.25, 0.3) is 0 Å². The molecule has 1 rings (SSSR count). The van der Waals surface area contributed by atoms with Crippen LogP contribution in [-0.4, -0.2) is 18.0 Å². The first kappa shape index (κ1) is 10.6. The van der Waals surface area contributed by atoms with Crippen molar-refractivity contribution in [2.75, 3.05) is 7.11 Å². The van der Waals surface area contributed by atoms with Crippen LogP contribution in [0, 0.1) is 0 Å². The molecule has 0 spiro atoms. The van der Waals surface area contributed by atoms with E-state index in [1.54, 1.807) is 14.0 Å². The number of rotatable bonds is 4. The predicted octanol–water partition coefficient (Wildman–Crippen LogP) is 2.48. The maximum absolute atomic E-state index is 8.50. The average Bonchev–Trinajstić information content (AvgIpc) is 2.26. The highest BCUT2D eigenvalue weighted by Crippen LogP contribution is 2.18. The zero-order valence-corrected chi connectivity index (χ0v) is 8.53. The maximum atomic E-state index is 8.50. The van der Waals surface area contributed by atoms with Gasteiger partial charge in [0.15, 0.2) is 0 Å². The van der Waals surface area contributed by atoms with E-state index in [9.17, 15) is 0 Å². The molecule has 0 radical (unpaired) electrons. The molecule has 0 unspecified atom stereocenters. The second-order valence-electron chi connectivity index (χ2n) is 3.15. The van der Waals surface area contributed by atoms with Gasteiger partial charge in [0.25, 0.3) is 0 Å². The van der Waals surface area contributed by atoms with Crippen LogP contribution in [-0.2, 0) is 6.42 Å². The summed E-state index contributed by atoms with van der Waals surface area (Å²) in [6.45, 7) is 1.80. The maximum Gasteiger partial charge on any atom is 0.122 e. The van der Waals surface area contributed by atoms with Gasteiger partial charge < -0.3 is 9.94 Å². The van der Waals surface area contributed by atoms with Crippen LogP contribution in [0.2, 0.25) is 0 Å². The average molecular weight is 193 g/mol. The van der Waals surface area contributed by atoms with E-state index < -0.39 is 0 Å². The zero-order valence-electron chi connectivity index (χ0n) is 8.53. The minimum absolute atomic E-state index is 0.732. The van der Waals surface area contributed by atoms with Crippen LogP contribution in [0.4, 0.5) is 0 Å². The third-order valence-corrected chi connectivity index (χ3v) is 2.12. The smallest absolute Gasteiger partial charge is 0.122 e. The number of aryl methyl sites for hydroxylation is 1. The summed E-state index contributed by atoms with van der Waals surface area (Å²) >= 11 is 0. The van der Waals surface area contributed by atoms with E-state index in [1.165, 1.54) is 0 Å². The molecule has 3 nitrogen and oxygen atoms in total. The van der Waals surface area contributed by atoms with E-state index in [0.717, 1.165) is 29.9 Å². The molecular formula is C11H15NO2. The van der Waals surface area contributed by atoms with Gasteiger partial charge in [0.1, 0.15) is 5.75 Å². The predicted molar refractivity (Wildman–Crippen MR) is 56.2 cm³/mol. The molecule has 0 amide bonds. The highest BCUT2D eigenvalue weighted by Gasteiger charge is 2.01. The molecule has 0 fully saturated rings. The van der Waals surface area contributed by atoms with Gasteiger partial charge in [-0.15, -0.1) is 0 Å². The lowest BCUT2D eigenvalue weighted by molar-refractivity contribution is 0.317. The molecule has 1 aromatic rings. The molecule has 1 aromatic carbocycles. The first-order chi connectivity index (χ1) is 6.77. The normalized spacial score (nSPS) is 11.4. The van der Waals surface area contributed by atoms with Crippen molar-refractivity contribution in [3.63, 3.8) is 0 Å². The van der Waals surface area contributed by atoms with Crippen LogP contribution < -0.4 is 4.74 Å². The Morgan fingerprint density at radius 3 is 2.79 bits per heavy atom. The van der Waals surface area contributed by atoms with Crippen molar-refractivity contribution >= 4 is 5.71 Å². The number of nitrogens with zero attached hydrogens (tertiary/aromatic N) is 1. The van der Waals surface area contributed by atoms with Gasteiger partial charge in [-0.25, -0.2) is 0 Å². The van der Waals surface area contributed by atoms with Crippen molar-refractivity contribution in [3.8, 4) is 5.75 Å². The van der Waals surface area contributed by atoms with Gasteiger partial charge in [0.2, 0.25) is 0 Å². The lowest BCUT2D eigenvalue weighted by Crippen LogP contribution is -1.97. The summed E-state index contributed by atoms with van der Waals surface area (Å²) in [6, 6.07) is 7.86. The van der Waals surface area contributed by atoms with Gasteiger partial charge in [-0.3, -0.25) is 0 Å². The molecule has 0 saturated carbocycles. The van der Waals surface area contributed by atoms with Crippen LogP contribution in [0.5, 0.6) is 5.75 Å². The molecule has 0 heterocycles. The van der Waals surface area contributed by atoms with Gasteiger partial charge in [0, 0.05) is 0 Å². The van der Waals surface area contributed by atoms with Crippen molar-refractivity contribution < 1.29 is 9.94 Å². The SMILES string of the molecule is COc1ccccc1CCC(C)=NO. The number of hydrogen-bond acceptors (Lipinski definition) is 3. The van der Waals surface area contributed by atoms with Crippen molar-refractivity contribution in [1.82, 2.24) is 0 Å². The topological polar surface area (TPSA) is 41.8 Å². The van der Waals surface area contributed by atoms with Crippen molar-refractivity contribution in [2.45, 2.75) is 19.8 Å². The Bertz CT molecular complexity index is 321. The third kappa shape index (κ3) is 2.76. The largest absolute Gasteiger partial charge is 0.496 e. The lowest BCUT2D eigenvalue weighted by atomic mass is 10.1. The van der Waals surface area contributed by atoms with E-state index >= 15 is 0 Å². The lowest BCUT2D eigenvalue weighted by Gasteiger charge is -2.06. The van der Waals surface area contributed by atoms with Crippen molar-refractivity contribution in [3.05, 3.63) is 29.8 Å². The number of para-hydroxylation sites is 1. The fourth-order valence-corrected chi connectivity index (χ4v) is 1.28. The number of ether oxygens (including phenoxy) is 1. The summed E-state index contributed by atoms with van der Waals surface area (Å²) in [5, 5.41) is 11.6. The molecule has 0 atom stereocenters. The van der Waals surface area contributed by atoms with Crippen LogP contribution >= 0.6 is 0 Å². The molecular weight excluding hydrogens is 178 g/mol. The quantitative estimate of drug-likeness (QED) is 0.453. The molecule has 1 N–H and O–H groups in total.